The molecule has 0 aliphatic carbocycles. The Labute approximate surface area is 361 Å². The summed E-state index contributed by atoms with van der Waals surface area (Å²) in [6.45, 7) is 3.38. The van der Waals surface area contributed by atoms with Crippen LogP contribution >= 0.6 is 0 Å². The molecule has 6 unspecified atom stereocenters. The lowest BCUT2D eigenvalue weighted by Gasteiger charge is -2.39. The van der Waals surface area contributed by atoms with Gasteiger partial charge in [-0.15, -0.1) is 0 Å². The Balaban J connectivity index is 2.17. The maximum Gasteiger partial charge on any atom is 0.306 e. The number of aliphatic hydroxyl groups is 4. The summed E-state index contributed by atoms with van der Waals surface area (Å²) < 4.78 is 22.2. The number of esters is 2. The van der Waals surface area contributed by atoms with E-state index in [2.05, 4.69) is 26.0 Å². The molecule has 10 heteroatoms. The Kier molecular flexibility index (Phi) is 38.1. The van der Waals surface area contributed by atoms with E-state index >= 15 is 0 Å². The predicted molar refractivity (Wildman–Crippen MR) is 238 cm³/mol. The van der Waals surface area contributed by atoms with Crippen LogP contribution < -0.4 is 0 Å². The SMILES string of the molecule is CCC/C=C\CCCCCCCC(=O)OC(COC(=O)CCCCCCCCCCCCCCCCCCCCCCCCCC)COC1OC(CO)C(O)C(O)C1O. The Morgan fingerprint density at radius 1 is 0.508 bits per heavy atom. The van der Waals surface area contributed by atoms with Crippen LogP contribution in [-0.2, 0) is 28.5 Å². The standard InChI is InChI=1S/C49H92O10/c1-3-5-7-9-11-13-15-16-17-18-19-20-21-22-23-24-25-26-27-28-30-31-33-35-37-44(51)56-40-42(41-57-49-48(55)47(54)46(53)43(39-50)59-49)58-45(52)38-36-34-32-29-14-12-10-8-6-4-2/h8,10,42-43,46-50,53-55H,3-7,9,11-41H2,1-2H3/b10-8-. The van der Waals surface area contributed by atoms with Crippen molar-refractivity contribution in [1.82, 2.24) is 0 Å². The molecule has 1 aliphatic rings. The van der Waals surface area contributed by atoms with Crippen LogP contribution in [0.5, 0.6) is 0 Å². The highest BCUT2D eigenvalue weighted by atomic mass is 16.7. The van der Waals surface area contributed by atoms with E-state index in [9.17, 15) is 30.0 Å². The van der Waals surface area contributed by atoms with Crippen molar-refractivity contribution in [3.05, 3.63) is 12.2 Å². The lowest BCUT2D eigenvalue weighted by atomic mass is 9.99. The van der Waals surface area contributed by atoms with Gasteiger partial charge in [-0.25, -0.2) is 0 Å². The van der Waals surface area contributed by atoms with Crippen LogP contribution in [0.4, 0.5) is 0 Å². The highest BCUT2D eigenvalue weighted by molar-refractivity contribution is 5.70. The average molecular weight is 841 g/mol. The number of carbonyl (C=O) groups is 2. The molecule has 0 radical (unpaired) electrons. The molecular formula is C49H92O10. The van der Waals surface area contributed by atoms with Crippen molar-refractivity contribution in [2.45, 2.75) is 269 Å². The van der Waals surface area contributed by atoms with Crippen LogP contribution in [0.15, 0.2) is 12.2 Å². The minimum atomic E-state index is -1.59. The lowest BCUT2D eigenvalue weighted by Crippen LogP contribution is -2.59. The fourth-order valence-electron chi connectivity index (χ4n) is 7.72. The normalized spacial score (nSPS) is 20.0. The molecule has 0 aromatic rings. The highest BCUT2D eigenvalue weighted by Gasteiger charge is 2.44. The number of aliphatic hydroxyl groups excluding tert-OH is 4. The van der Waals surface area contributed by atoms with Crippen molar-refractivity contribution in [3.8, 4) is 0 Å². The maximum atomic E-state index is 12.7. The van der Waals surface area contributed by atoms with Crippen LogP contribution in [0.3, 0.4) is 0 Å². The Morgan fingerprint density at radius 2 is 0.932 bits per heavy atom. The quantitative estimate of drug-likeness (QED) is 0.0265. The molecule has 0 amide bonds. The third-order valence-corrected chi connectivity index (χ3v) is 11.6. The second-order valence-corrected chi connectivity index (χ2v) is 17.3. The van der Waals surface area contributed by atoms with Gasteiger partial charge in [0.2, 0.25) is 0 Å². The van der Waals surface area contributed by atoms with Gasteiger partial charge in [0.15, 0.2) is 12.4 Å². The predicted octanol–water partition coefficient (Wildman–Crippen LogP) is 11.1. The van der Waals surface area contributed by atoms with Crippen molar-refractivity contribution in [2.75, 3.05) is 19.8 Å². The van der Waals surface area contributed by atoms with Gasteiger partial charge in [-0.1, -0.05) is 199 Å². The Hall–Kier alpha value is -1.56. The molecule has 59 heavy (non-hydrogen) atoms. The van der Waals surface area contributed by atoms with Crippen molar-refractivity contribution in [2.24, 2.45) is 0 Å². The van der Waals surface area contributed by atoms with Crippen LogP contribution in [-0.4, -0.2) is 89.0 Å². The fraction of sp³-hybridized carbons (Fsp3) is 0.918. The number of unbranched alkanes of at least 4 members (excludes halogenated alkanes) is 29. The molecule has 1 fully saturated rings. The Bertz CT molecular complexity index is 974. The number of hydrogen-bond acceptors (Lipinski definition) is 10. The first-order valence-corrected chi connectivity index (χ1v) is 24.8. The lowest BCUT2D eigenvalue weighted by molar-refractivity contribution is -0.305. The van der Waals surface area contributed by atoms with Gasteiger partial charge in [0.05, 0.1) is 13.2 Å². The zero-order valence-corrected chi connectivity index (χ0v) is 38.0. The van der Waals surface area contributed by atoms with Gasteiger partial charge in [-0.2, -0.15) is 0 Å². The van der Waals surface area contributed by atoms with Gasteiger partial charge < -0.3 is 39.4 Å². The van der Waals surface area contributed by atoms with Crippen LogP contribution in [0, 0.1) is 0 Å². The van der Waals surface area contributed by atoms with Crippen molar-refractivity contribution >= 4 is 11.9 Å². The monoisotopic (exact) mass is 841 g/mol. The summed E-state index contributed by atoms with van der Waals surface area (Å²) in [5.74, 6) is -0.807. The van der Waals surface area contributed by atoms with E-state index in [1.807, 2.05) is 0 Å². The average Bonchev–Trinajstić information content (AvgIpc) is 3.23. The van der Waals surface area contributed by atoms with Crippen molar-refractivity contribution < 1.29 is 49.0 Å². The first-order chi connectivity index (χ1) is 28.8. The van der Waals surface area contributed by atoms with E-state index in [4.69, 9.17) is 18.9 Å². The van der Waals surface area contributed by atoms with Gasteiger partial charge in [0, 0.05) is 12.8 Å². The molecule has 0 aromatic heterocycles. The molecule has 0 bridgehead atoms. The van der Waals surface area contributed by atoms with Gasteiger partial charge in [0.1, 0.15) is 31.0 Å². The third kappa shape index (κ3) is 31.9. The molecule has 348 valence electrons. The number of carbonyl (C=O) groups excluding carboxylic acids is 2. The molecular weight excluding hydrogens is 749 g/mol. The maximum absolute atomic E-state index is 12.7. The highest BCUT2D eigenvalue weighted by Crippen LogP contribution is 2.23. The van der Waals surface area contributed by atoms with Crippen LogP contribution in [0.1, 0.15) is 232 Å². The number of allylic oxidation sites excluding steroid dienone is 2. The summed E-state index contributed by atoms with van der Waals surface area (Å²) in [5.41, 5.74) is 0. The molecule has 1 saturated heterocycles. The molecule has 6 atom stereocenters. The van der Waals surface area contributed by atoms with Gasteiger partial charge in [-0.3, -0.25) is 9.59 Å². The first kappa shape index (κ1) is 55.5. The first-order valence-electron chi connectivity index (χ1n) is 24.8. The number of ether oxygens (including phenoxy) is 4. The molecule has 1 heterocycles. The van der Waals surface area contributed by atoms with E-state index in [1.54, 1.807) is 0 Å². The number of hydrogen-bond donors (Lipinski definition) is 4. The van der Waals surface area contributed by atoms with E-state index in [1.165, 1.54) is 135 Å². The zero-order chi connectivity index (χ0) is 43.0. The van der Waals surface area contributed by atoms with Gasteiger partial charge >= 0.3 is 11.9 Å². The van der Waals surface area contributed by atoms with E-state index in [0.29, 0.717) is 6.42 Å². The second-order valence-electron chi connectivity index (χ2n) is 17.3. The van der Waals surface area contributed by atoms with E-state index in [-0.39, 0.29) is 32.0 Å². The summed E-state index contributed by atoms with van der Waals surface area (Å²) in [4.78, 5) is 25.3. The smallest absolute Gasteiger partial charge is 0.306 e. The van der Waals surface area contributed by atoms with Crippen molar-refractivity contribution in [1.29, 1.82) is 0 Å². The molecule has 10 nitrogen and oxygen atoms in total. The molecule has 0 spiro atoms. The second kappa shape index (κ2) is 40.5. The van der Waals surface area contributed by atoms with Crippen LogP contribution in [0.25, 0.3) is 0 Å². The largest absolute Gasteiger partial charge is 0.462 e. The molecule has 0 saturated carbocycles. The van der Waals surface area contributed by atoms with Gasteiger partial charge in [0.25, 0.3) is 0 Å². The Morgan fingerprint density at radius 3 is 1.39 bits per heavy atom. The third-order valence-electron chi connectivity index (χ3n) is 11.6. The fourth-order valence-corrected chi connectivity index (χ4v) is 7.72. The van der Waals surface area contributed by atoms with Crippen LogP contribution in [0.2, 0.25) is 0 Å². The summed E-state index contributed by atoms with van der Waals surface area (Å²) in [6, 6.07) is 0. The summed E-state index contributed by atoms with van der Waals surface area (Å²) in [7, 11) is 0. The molecule has 1 aliphatic heterocycles. The molecule has 1 rings (SSSR count). The summed E-state index contributed by atoms with van der Waals surface area (Å²) in [5, 5.41) is 40.1. The minimum absolute atomic E-state index is 0.215. The van der Waals surface area contributed by atoms with E-state index in [0.717, 1.165) is 64.2 Å². The molecule has 4 N–H and O–H groups in total. The van der Waals surface area contributed by atoms with E-state index < -0.39 is 49.4 Å². The zero-order valence-electron chi connectivity index (χ0n) is 38.0. The molecule has 0 aromatic carbocycles. The summed E-state index contributed by atoms with van der Waals surface area (Å²) >= 11 is 0. The number of rotatable bonds is 42. The van der Waals surface area contributed by atoms with Crippen molar-refractivity contribution in [3.63, 3.8) is 0 Å². The summed E-state index contributed by atoms with van der Waals surface area (Å²) in [6.07, 6.45) is 36.8. The minimum Gasteiger partial charge on any atom is -0.462 e. The topological polar surface area (TPSA) is 152 Å². The van der Waals surface area contributed by atoms with Gasteiger partial charge in [-0.05, 0) is 32.1 Å².